The Kier molecular flexibility index (Phi) is 7.14. The van der Waals surface area contributed by atoms with E-state index >= 15 is 0 Å². The molecule has 0 aliphatic carbocycles. The average molecular weight is 524 g/mol. The minimum atomic E-state index is -0.310. The molecule has 1 aromatic carbocycles. The Morgan fingerprint density at radius 1 is 1.16 bits per heavy atom. The SMILES string of the molecule is C=CC(=O)N1CC(CC(=O)c2c(C)nc(CCc3[nH]nc4cc(Cl)c(C(C)(C)C)cc34)n2C(C)(C)C)C1. The van der Waals surface area contributed by atoms with E-state index < -0.39 is 0 Å². The predicted octanol–water partition coefficient (Wildman–Crippen LogP) is 5.78. The molecule has 198 valence electrons. The number of aromatic nitrogens is 4. The van der Waals surface area contributed by atoms with Crippen LogP contribution in [0.4, 0.5) is 0 Å². The van der Waals surface area contributed by atoms with E-state index in [2.05, 4.69) is 69.0 Å². The van der Waals surface area contributed by atoms with Gasteiger partial charge in [0.05, 0.1) is 11.2 Å². The molecule has 0 atom stereocenters. The molecule has 7 nitrogen and oxygen atoms in total. The maximum atomic E-state index is 13.5. The standard InChI is InChI=1S/C29H38ClN5O2/c1-9-26(37)34-15-18(16-34)12-24(36)27-17(2)31-25(35(27)29(6,7)8)11-10-22-19-13-20(28(3,4)5)21(30)14-23(19)33-32-22/h9,13-14,18H,1,10-12,15-16H2,2-8H3,(H,32,33). The van der Waals surface area contributed by atoms with E-state index in [1.54, 1.807) is 4.90 Å². The Labute approximate surface area is 224 Å². The fourth-order valence-corrected chi connectivity index (χ4v) is 5.70. The number of likely N-dealkylation sites (tertiary alicyclic amines) is 1. The van der Waals surface area contributed by atoms with Crippen molar-refractivity contribution in [1.29, 1.82) is 0 Å². The molecule has 1 amide bonds. The second kappa shape index (κ2) is 9.75. The van der Waals surface area contributed by atoms with Crippen LogP contribution in [0.3, 0.4) is 0 Å². The van der Waals surface area contributed by atoms with Gasteiger partial charge < -0.3 is 9.47 Å². The molecule has 1 saturated heterocycles. The number of imidazole rings is 1. The van der Waals surface area contributed by atoms with Crippen LogP contribution in [0.2, 0.25) is 5.02 Å². The van der Waals surface area contributed by atoms with Crippen molar-refractivity contribution in [2.75, 3.05) is 13.1 Å². The Hall–Kier alpha value is -2.93. The molecular formula is C29H38ClN5O2. The van der Waals surface area contributed by atoms with Gasteiger partial charge in [0.2, 0.25) is 5.91 Å². The monoisotopic (exact) mass is 523 g/mol. The van der Waals surface area contributed by atoms with Crippen molar-refractivity contribution in [3.05, 3.63) is 58.3 Å². The van der Waals surface area contributed by atoms with Gasteiger partial charge in [0.15, 0.2) is 5.78 Å². The number of rotatable bonds is 7. The van der Waals surface area contributed by atoms with E-state index in [1.807, 2.05) is 13.0 Å². The Morgan fingerprint density at radius 3 is 2.43 bits per heavy atom. The number of halogens is 1. The lowest BCUT2D eigenvalue weighted by molar-refractivity contribution is -0.132. The number of nitrogens with one attached hydrogen (secondary N) is 1. The van der Waals surface area contributed by atoms with Crippen molar-refractivity contribution in [1.82, 2.24) is 24.6 Å². The first-order chi connectivity index (χ1) is 17.2. The van der Waals surface area contributed by atoms with Crippen molar-refractivity contribution in [3.63, 3.8) is 0 Å². The van der Waals surface area contributed by atoms with Gasteiger partial charge in [-0.2, -0.15) is 5.10 Å². The van der Waals surface area contributed by atoms with E-state index in [-0.39, 0.29) is 28.6 Å². The van der Waals surface area contributed by atoms with Crippen LogP contribution in [0.5, 0.6) is 0 Å². The summed E-state index contributed by atoms with van der Waals surface area (Å²) < 4.78 is 2.10. The summed E-state index contributed by atoms with van der Waals surface area (Å²) in [6.45, 7) is 19.4. The Balaban J connectivity index is 1.58. The fourth-order valence-electron chi connectivity index (χ4n) is 5.26. The number of hydrogen-bond acceptors (Lipinski definition) is 4. The van der Waals surface area contributed by atoms with Crippen LogP contribution in [-0.4, -0.2) is 49.4 Å². The van der Waals surface area contributed by atoms with Crippen LogP contribution >= 0.6 is 11.6 Å². The Bertz CT molecular complexity index is 1360. The molecule has 1 fully saturated rings. The molecule has 2 aromatic heterocycles. The first-order valence-corrected chi connectivity index (χ1v) is 13.3. The number of hydrogen-bond donors (Lipinski definition) is 1. The second-order valence-electron chi connectivity index (χ2n) is 12.2. The van der Waals surface area contributed by atoms with E-state index in [0.717, 1.165) is 38.7 Å². The van der Waals surface area contributed by atoms with Crippen LogP contribution in [0.15, 0.2) is 24.8 Å². The number of nitrogens with zero attached hydrogens (tertiary/aromatic N) is 4. The number of aryl methyl sites for hydroxylation is 3. The lowest BCUT2D eigenvalue weighted by Crippen LogP contribution is -2.50. The van der Waals surface area contributed by atoms with Crippen molar-refractivity contribution < 1.29 is 9.59 Å². The topological polar surface area (TPSA) is 83.9 Å². The van der Waals surface area contributed by atoms with Crippen LogP contribution < -0.4 is 0 Å². The third kappa shape index (κ3) is 5.37. The number of Topliss-reactive ketones (excluding diaryl/α,β-unsaturated/α-hetero) is 1. The number of amides is 1. The molecule has 3 heterocycles. The molecule has 0 unspecified atom stereocenters. The number of carbonyl (C=O) groups excluding carboxylic acids is 2. The third-order valence-electron chi connectivity index (χ3n) is 7.10. The molecule has 37 heavy (non-hydrogen) atoms. The van der Waals surface area contributed by atoms with E-state index in [4.69, 9.17) is 16.6 Å². The zero-order chi connectivity index (χ0) is 27.3. The Morgan fingerprint density at radius 2 is 1.84 bits per heavy atom. The van der Waals surface area contributed by atoms with E-state index in [9.17, 15) is 9.59 Å². The number of benzene rings is 1. The van der Waals surface area contributed by atoms with Gasteiger partial charge in [-0.05, 0) is 63.3 Å². The summed E-state index contributed by atoms with van der Waals surface area (Å²) in [4.78, 5) is 31.8. The van der Waals surface area contributed by atoms with Crippen molar-refractivity contribution in [2.45, 2.75) is 78.7 Å². The van der Waals surface area contributed by atoms with Gasteiger partial charge in [0, 0.05) is 53.5 Å². The van der Waals surface area contributed by atoms with Crippen molar-refractivity contribution in [2.24, 2.45) is 5.92 Å². The van der Waals surface area contributed by atoms with Gasteiger partial charge in [-0.1, -0.05) is 39.0 Å². The molecule has 3 aromatic rings. The highest BCUT2D eigenvalue weighted by Crippen LogP contribution is 2.34. The van der Waals surface area contributed by atoms with Gasteiger partial charge in [-0.25, -0.2) is 4.98 Å². The minimum absolute atomic E-state index is 0.0783. The number of ketones is 1. The molecule has 8 heteroatoms. The first kappa shape index (κ1) is 27.1. The molecule has 0 radical (unpaired) electrons. The predicted molar refractivity (Wildman–Crippen MR) is 148 cm³/mol. The maximum absolute atomic E-state index is 13.5. The van der Waals surface area contributed by atoms with Gasteiger partial charge in [0.25, 0.3) is 0 Å². The van der Waals surface area contributed by atoms with Gasteiger partial charge >= 0.3 is 0 Å². The molecule has 1 aliphatic heterocycles. The number of H-pyrrole nitrogens is 1. The van der Waals surface area contributed by atoms with Gasteiger partial charge in [0.1, 0.15) is 11.5 Å². The highest BCUT2D eigenvalue weighted by atomic mass is 35.5. The highest BCUT2D eigenvalue weighted by Gasteiger charge is 2.34. The van der Waals surface area contributed by atoms with Gasteiger partial charge in [-0.15, -0.1) is 0 Å². The maximum Gasteiger partial charge on any atom is 0.245 e. The summed E-state index contributed by atoms with van der Waals surface area (Å²) in [7, 11) is 0. The molecular weight excluding hydrogens is 486 g/mol. The summed E-state index contributed by atoms with van der Waals surface area (Å²) in [5.41, 5.74) is 4.02. The van der Waals surface area contributed by atoms with Crippen LogP contribution in [0.1, 0.15) is 81.2 Å². The number of fused-ring (bicyclic) bond motifs is 1. The number of carbonyl (C=O) groups is 2. The van der Waals surface area contributed by atoms with Gasteiger partial charge in [-0.3, -0.25) is 14.7 Å². The highest BCUT2D eigenvalue weighted by molar-refractivity contribution is 6.32. The lowest BCUT2D eigenvalue weighted by atomic mass is 9.86. The summed E-state index contributed by atoms with van der Waals surface area (Å²) in [5, 5.41) is 9.48. The quantitative estimate of drug-likeness (QED) is 0.314. The summed E-state index contributed by atoms with van der Waals surface area (Å²) in [6.07, 6.45) is 3.11. The minimum Gasteiger partial charge on any atom is -0.338 e. The average Bonchev–Trinajstić information content (AvgIpc) is 3.32. The van der Waals surface area contributed by atoms with Crippen LogP contribution in [0, 0.1) is 12.8 Å². The van der Waals surface area contributed by atoms with E-state index in [0.29, 0.717) is 38.0 Å². The van der Waals surface area contributed by atoms with Crippen molar-refractivity contribution in [3.8, 4) is 0 Å². The second-order valence-corrected chi connectivity index (χ2v) is 12.6. The molecule has 1 aliphatic rings. The largest absolute Gasteiger partial charge is 0.338 e. The lowest BCUT2D eigenvalue weighted by Gasteiger charge is -2.38. The molecule has 0 spiro atoms. The summed E-state index contributed by atoms with van der Waals surface area (Å²) in [6, 6.07) is 4.07. The van der Waals surface area contributed by atoms with E-state index in [1.165, 1.54) is 6.08 Å². The summed E-state index contributed by atoms with van der Waals surface area (Å²) in [5.74, 6) is 1.06. The fraction of sp³-hybridized carbons (Fsp3) is 0.517. The zero-order valence-corrected chi connectivity index (χ0v) is 23.8. The number of aromatic amines is 1. The molecule has 4 rings (SSSR count). The van der Waals surface area contributed by atoms with Crippen LogP contribution in [-0.2, 0) is 28.6 Å². The zero-order valence-electron chi connectivity index (χ0n) is 23.0. The molecule has 0 saturated carbocycles. The van der Waals surface area contributed by atoms with Crippen LogP contribution in [0.25, 0.3) is 10.9 Å². The third-order valence-corrected chi connectivity index (χ3v) is 7.41. The normalized spacial score (nSPS) is 14.8. The van der Waals surface area contributed by atoms with Crippen molar-refractivity contribution >= 4 is 34.2 Å². The molecule has 1 N–H and O–H groups in total. The summed E-state index contributed by atoms with van der Waals surface area (Å²) >= 11 is 6.55. The first-order valence-electron chi connectivity index (χ1n) is 12.9. The smallest absolute Gasteiger partial charge is 0.245 e. The molecule has 0 bridgehead atoms.